The van der Waals surface area contributed by atoms with Crippen LogP contribution in [0.25, 0.3) is 0 Å². The molecule has 2 N–H and O–H groups in total. The molecule has 6 nitrogen and oxygen atoms in total. The number of nitrogens with one attached hydrogen (secondary N) is 2. The second kappa shape index (κ2) is 7.73. The zero-order valence-corrected chi connectivity index (χ0v) is 14.1. The average Bonchev–Trinajstić information content (AvgIpc) is 3.04. The summed E-state index contributed by atoms with van der Waals surface area (Å²) in [5.41, 5.74) is 0.911. The lowest BCUT2D eigenvalue weighted by Crippen LogP contribution is -2.20. The number of hydrogen-bond acceptors (Lipinski definition) is 5. The van der Waals surface area contributed by atoms with E-state index in [2.05, 4.69) is 15.6 Å². The predicted molar refractivity (Wildman–Crippen MR) is 90.2 cm³/mol. The van der Waals surface area contributed by atoms with Gasteiger partial charge in [0.1, 0.15) is 10.6 Å². The molecule has 2 amide bonds. The number of aromatic nitrogens is 1. The van der Waals surface area contributed by atoms with Crippen molar-refractivity contribution in [1.82, 2.24) is 10.3 Å². The molecule has 0 aliphatic carbocycles. The van der Waals surface area contributed by atoms with Gasteiger partial charge in [-0.25, -0.2) is 4.98 Å². The molecule has 2 rings (SSSR count). The highest BCUT2D eigenvalue weighted by Crippen LogP contribution is 2.25. The van der Waals surface area contributed by atoms with E-state index in [1.54, 1.807) is 14.2 Å². The van der Waals surface area contributed by atoms with E-state index in [1.807, 2.05) is 31.2 Å². The quantitative estimate of drug-likeness (QED) is 0.851. The maximum absolute atomic E-state index is 12.5. The van der Waals surface area contributed by atoms with Crippen LogP contribution >= 0.6 is 11.3 Å². The number of ether oxygens (including phenoxy) is 1. The van der Waals surface area contributed by atoms with Gasteiger partial charge in [-0.15, -0.1) is 0 Å². The first-order valence-corrected chi connectivity index (χ1v) is 8.03. The lowest BCUT2D eigenvalue weighted by Gasteiger charge is -2.14. The van der Waals surface area contributed by atoms with Crippen LogP contribution in [-0.4, -0.2) is 31.0 Å². The van der Waals surface area contributed by atoms with Crippen LogP contribution in [0.1, 0.15) is 34.5 Å². The van der Waals surface area contributed by atoms with E-state index in [-0.39, 0.29) is 17.7 Å². The minimum Gasteiger partial charge on any atom is -0.497 e. The summed E-state index contributed by atoms with van der Waals surface area (Å²) in [6, 6.07) is 7.42. The number of methoxy groups -OCH3 is 1. The van der Waals surface area contributed by atoms with Gasteiger partial charge >= 0.3 is 0 Å². The molecule has 0 spiro atoms. The van der Waals surface area contributed by atoms with Gasteiger partial charge in [0, 0.05) is 7.05 Å². The van der Waals surface area contributed by atoms with Gasteiger partial charge in [-0.1, -0.05) is 30.4 Å². The summed E-state index contributed by atoms with van der Waals surface area (Å²) < 4.78 is 5.13. The third-order valence-corrected chi connectivity index (χ3v) is 4.34. The minimum absolute atomic E-state index is 0.143. The van der Waals surface area contributed by atoms with Crippen molar-refractivity contribution in [3.8, 4) is 5.75 Å². The standard InChI is InChI=1S/C16H19N3O3S/c1-4-12(10-5-7-11(22-3)8-6-10)14(20)19-16-18-9-13(23-16)15(21)17-2/h5-9,12H,4H2,1-3H3,(H,17,21)(H,18,19,20)/t12-/m0/s1. The lowest BCUT2D eigenvalue weighted by molar-refractivity contribution is -0.117. The number of thiazole rings is 1. The molecule has 1 atom stereocenters. The Bertz CT molecular complexity index is 682. The third-order valence-electron chi connectivity index (χ3n) is 3.43. The van der Waals surface area contributed by atoms with Crippen molar-refractivity contribution >= 4 is 28.3 Å². The van der Waals surface area contributed by atoms with Crippen molar-refractivity contribution in [3.05, 3.63) is 40.9 Å². The zero-order valence-electron chi connectivity index (χ0n) is 13.3. The molecule has 0 aliphatic heterocycles. The minimum atomic E-state index is -0.284. The van der Waals surface area contributed by atoms with Crippen LogP contribution in [0.15, 0.2) is 30.5 Å². The fourth-order valence-electron chi connectivity index (χ4n) is 2.16. The van der Waals surface area contributed by atoms with Gasteiger partial charge < -0.3 is 15.4 Å². The summed E-state index contributed by atoms with van der Waals surface area (Å²) in [5.74, 6) is 0.105. The van der Waals surface area contributed by atoms with Crippen molar-refractivity contribution in [2.45, 2.75) is 19.3 Å². The molecule has 0 aliphatic rings. The van der Waals surface area contributed by atoms with Gasteiger partial charge in [-0.05, 0) is 24.1 Å². The van der Waals surface area contributed by atoms with Crippen LogP contribution in [0.5, 0.6) is 5.75 Å². The molecular formula is C16H19N3O3S. The third kappa shape index (κ3) is 4.07. The van der Waals surface area contributed by atoms with Crippen LogP contribution in [0.2, 0.25) is 0 Å². The van der Waals surface area contributed by atoms with Crippen molar-refractivity contribution < 1.29 is 14.3 Å². The fourth-order valence-corrected chi connectivity index (χ4v) is 2.93. The average molecular weight is 333 g/mol. The first-order chi connectivity index (χ1) is 11.1. The van der Waals surface area contributed by atoms with E-state index < -0.39 is 0 Å². The van der Waals surface area contributed by atoms with E-state index in [1.165, 1.54) is 6.20 Å². The molecule has 0 saturated heterocycles. The molecule has 0 fully saturated rings. The van der Waals surface area contributed by atoms with E-state index in [0.29, 0.717) is 16.4 Å². The van der Waals surface area contributed by atoms with Crippen molar-refractivity contribution in [3.63, 3.8) is 0 Å². The molecule has 0 unspecified atom stereocenters. The number of carbonyl (C=O) groups is 2. The van der Waals surface area contributed by atoms with Crippen LogP contribution in [0, 0.1) is 0 Å². The SMILES string of the molecule is CC[C@H](C(=O)Nc1ncc(C(=O)NC)s1)c1ccc(OC)cc1. The van der Waals surface area contributed by atoms with E-state index in [4.69, 9.17) is 4.74 Å². The largest absolute Gasteiger partial charge is 0.497 e. The molecular weight excluding hydrogens is 314 g/mol. The van der Waals surface area contributed by atoms with Gasteiger partial charge in [0.15, 0.2) is 5.13 Å². The van der Waals surface area contributed by atoms with Gasteiger partial charge in [0.2, 0.25) is 5.91 Å². The Kier molecular flexibility index (Phi) is 5.70. The Labute approximate surface area is 138 Å². The highest BCUT2D eigenvalue weighted by Gasteiger charge is 2.20. The maximum atomic E-state index is 12.5. The number of hydrogen-bond donors (Lipinski definition) is 2. The summed E-state index contributed by atoms with van der Waals surface area (Å²) >= 11 is 1.15. The normalized spacial score (nSPS) is 11.6. The molecule has 7 heteroatoms. The number of rotatable bonds is 6. The van der Waals surface area contributed by atoms with Crippen molar-refractivity contribution in [1.29, 1.82) is 0 Å². The Hall–Kier alpha value is -2.41. The Balaban J connectivity index is 2.10. The van der Waals surface area contributed by atoms with Crippen LogP contribution in [0.4, 0.5) is 5.13 Å². The van der Waals surface area contributed by atoms with Gasteiger partial charge in [-0.2, -0.15) is 0 Å². The van der Waals surface area contributed by atoms with Gasteiger partial charge in [0.25, 0.3) is 5.91 Å². The first kappa shape index (κ1) is 17.0. The molecule has 23 heavy (non-hydrogen) atoms. The summed E-state index contributed by atoms with van der Waals surface area (Å²) in [4.78, 5) is 28.5. The van der Waals surface area contributed by atoms with Crippen LogP contribution in [0.3, 0.4) is 0 Å². The number of amides is 2. The van der Waals surface area contributed by atoms with Crippen LogP contribution in [-0.2, 0) is 4.79 Å². The predicted octanol–water partition coefficient (Wildman–Crippen LogP) is 2.64. The van der Waals surface area contributed by atoms with E-state index in [9.17, 15) is 9.59 Å². The van der Waals surface area contributed by atoms with E-state index in [0.717, 1.165) is 22.6 Å². The Morgan fingerprint density at radius 2 is 2.00 bits per heavy atom. The number of carbonyl (C=O) groups excluding carboxylic acids is 2. The summed E-state index contributed by atoms with van der Waals surface area (Å²) in [6.07, 6.45) is 2.11. The summed E-state index contributed by atoms with van der Waals surface area (Å²) in [5, 5.41) is 5.72. The molecule has 1 aromatic carbocycles. The molecule has 122 valence electrons. The number of anilines is 1. The second-order valence-electron chi connectivity index (χ2n) is 4.83. The molecule has 0 radical (unpaired) electrons. The number of nitrogens with zero attached hydrogens (tertiary/aromatic N) is 1. The molecule has 1 heterocycles. The smallest absolute Gasteiger partial charge is 0.262 e. The molecule has 2 aromatic rings. The Morgan fingerprint density at radius 1 is 1.30 bits per heavy atom. The maximum Gasteiger partial charge on any atom is 0.262 e. The zero-order chi connectivity index (χ0) is 16.8. The van der Waals surface area contributed by atoms with E-state index >= 15 is 0 Å². The van der Waals surface area contributed by atoms with Gasteiger partial charge in [-0.3, -0.25) is 9.59 Å². The molecule has 1 aromatic heterocycles. The molecule has 0 bridgehead atoms. The van der Waals surface area contributed by atoms with Crippen molar-refractivity contribution in [2.24, 2.45) is 0 Å². The monoisotopic (exact) mass is 333 g/mol. The van der Waals surface area contributed by atoms with Gasteiger partial charge in [0.05, 0.1) is 19.2 Å². The molecule has 0 saturated carbocycles. The Morgan fingerprint density at radius 3 is 2.57 bits per heavy atom. The summed E-state index contributed by atoms with van der Waals surface area (Å²) in [6.45, 7) is 1.95. The fraction of sp³-hybridized carbons (Fsp3) is 0.312. The lowest BCUT2D eigenvalue weighted by atomic mass is 9.95. The number of benzene rings is 1. The van der Waals surface area contributed by atoms with Crippen LogP contribution < -0.4 is 15.4 Å². The summed E-state index contributed by atoms with van der Waals surface area (Å²) in [7, 11) is 3.16. The highest BCUT2D eigenvalue weighted by molar-refractivity contribution is 7.17. The van der Waals surface area contributed by atoms with Crippen molar-refractivity contribution in [2.75, 3.05) is 19.5 Å². The topological polar surface area (TPSA) is 80.3 Å². The second-order valence-corrected chi connectivity index (χ2v) is 5.86. The first-order valence-electron chi connectivity index (χ1n) is 7.21. The highest BCUT2D eigenvalue weighted by atomic mass is 32.1.